The SMILES string of the molecule is CCCc1c(Cl)[nH]c(=O)n(C(C)Cc2ccsc2)c1=O. The van der Waals surface area contributed by atoms with Crippen molar-refractivity contribution in [3.8, 4) is 0 Å². The molecule has 1 unspecified atom stereocenters. The van der Waals surface area contributed by atoms with Crippen molar-refractivity contribution in [1.29, 1.82) is 0 Å². The third-order valence-electron chi connectivity index (χ3n) is 3.23. The molecule has 20 heavy (non-hydrogen) atoms. The van der Waals surface area contributed by atoms with E-state index in [1.807, 2.05) is 30.7 Å². The van der Waals surface area contributed by atoms with E-state index in [0.29, 0.717) is 18.4 Å². The topological polar surface area (TPSA) is 54.9 Å². The van der Waals surface area contributed by atoms with Gasteiger partial charge in [-0.2, -0.15) is 11.3 Å². The maximum absolute atomic E-state index is 12.4. The van der Waals surface area contributed by atoms with E-state index in [1.165, 1.54) is 4.57 Å². The first-order valence-electron chi connectivity index (χ1n) is 6.58. The molecule has 0 saturated carbocycles. The molecule has 0 fully saturated rings. The summed E-state index contributed by atoms with van der Waals surface area (Å²) in [4.78, 5) is 27.0. The number of hydrogen-bond acceptors (Lipinski definition) is 3. The van der Waals surface area contributed by atoms with E-state index in [2.05, 4.69) is 4.98 Å². The van der Waals surface area contributed by atoms with Crippen molar-refractivity contribution < 1.29 is 0 Å². The Hall–Kier alpha value is -1.33. The van der Waals surface area contributed by atoms with E-state index in [1.54, 1.807) is 11.3 Å². The van der Waals surface area contributed by atoms with E-state index in [9.17, 15) is 9.59 Å². The zero-order valence-electron chi connectivity index (χ0n) is 11.5. The number of rotatable bonds is 5. The Morgan fingerprint density at radius 3 is 2.80 bits per heavy atom. The van der Waals surface area contributed by atoms with Gasteiger partial charge in [0.15, 0.2) is 0 Å². The van der Waals surface area contributed by atoms with Crippen LogP contribution in [0.1, 0.15) is 37.4 Å². The lowest BCUT2D eigenvalue weighted by Crippen LogP contribution is -2.39. The van der Waals surface area contributed by atoms with Gasteiger partial charge in [0.2, 0.25) is 0 Å². The zero-order valence-corrected chi connectivity index (χ0v) is 13.1. The van der Waals surface area contributed by atoms with Gasteiger partial charge < -0.3 is 0 Å². The summed E-state index contributed by atoms with van der Waals surface area (Å²) in [7, 11) is 0. The summed E-state index contributed by atoms with van der Waals surface area (Å²) in [6, 6.07) is 1.80. The second-order valence-electron chi connectivity index (χ2n) is 4.83. The number of H-pyrrole nitrogens is 1. The lowest BCUT2D eigenvalue weighted by molar-refractivity contribution is 0.497. The van der Waals surface area contributed by atoms with Gasteiger partial charge in [-0.1, -0.05) is 24.9 Å². The van der Waals surface area contributed by atoms with Crippen LogP contribution in [0.5, 0.6) is 0 Å². The first-order chi connectivity index (χ1) is 9.54. The summed E-state index contributed by atoms with van der Waals surface area (Å²) < 4.78 is 1.27. The summed E-state index contributed by atoms with van der Waals surface area (Å²) >= 11 is 7.57. The van der Waals surface area contributed by atoms with Crippen LogP contribution in [-0.2, 0) is 12.8 Å². The third kappa shape index (κ3) is 3.04. The molecule has 0 aliphatic rings. The average molecular weight is 313 g/mol. The van der Waals surface area contributed by atoms with Crippen LogP contribution in [0.3, 0.4) is 0 Å². The lowest BCUT2D eigenvalue weighted by Gasteiger charge is -2.15. The Balaban J connectivity index is 2.43. The number of nitrogens with one attached hydrogen (secondary N) is 1. The predicted molar refractivity (Wildman–Crippen MR) is 83.1 cm³/mol. The molecule has 0 amide bonds. The number of thiophene rings is 1. The highest BCUT2D eigenvalue weighted by atomic mass is 35.5. The van der Waals surface area contributed by atoms with Gasteiger partial charge in [-0.15, -0.1) is 0 Å². The van der Waals surface area contributed by atoms with Crippen LogP contribution in [0.2, 0.25) is 5.15 Å². The van der Waals surface area contributed by atoms with Crippen LogP contribution < -0.4 is 11.2 Å². The highest BCUT2D eigenvalue weighted by Gasteiger charge is 2.16. The minimum absolute atomic E-state index is 0.167. The molecule has 0 aromatic carbocycles. The molecule has 1 atom stereocenters. The second kappa shape index (κ2) is 6.41. The highest BCUT2D eigenvalue weighted by molar-refractivity contribution is 7.07. The van der Waals surface area contributed by atoms with Gasteiger partial charge in [0.05, 0.1) is 5.56 Å². The molecular weight excluding hydrogens is 296 g/mol. The van der Waals surface area contributed by atoms with E-state index in [0.717, 1.165) is 12.0 Å². The lowest BCUT2D eigenvalue weighted by atomic mass is 10.1. The van der Waals surface area contributed by atoms with Crippen LogP contribution in [-0.4, -0.2) is 9.55 Å². The smallest absolute Gasteiger partial charge is 0.297 e. The number of aromatic nitrogens is 2. The monoisotopic (exact) mass is 312 g/mol. The molecule has 2 aromatic heterocycles. The van der Waals surface area contributed by atoms with E-state index in [4.69, 9.17) is 11.6 Å². The summed E-state index contributed by atoms with van der Waals surface area (Å²) in [5.41, 5.74) is 0.901. The number of aromatic amines is 1. The van der Waals surface area contributed by atoms with Crippen LogP contribution in [0.4, 0.5) is 0 Å². The molecule has 0 aliphatic heterocycles. The van der Waals surface area contributed by atoms with E-state index < -0.39 is 5.69 Å². The number of hydrogen-bond donors (Lipinski definition) is 1. The standard InChI is InChI=1S/C14H17ClN2O2S/c1-3-4-11-12(15)16-14(19)17(13(11)18)9(2)7-10-5-6-20-8-10/h5-6,8-9H,3-4,7H2,1-2H3,(H,16,19). The first-order valence-corrected chi connectivity index (χ1v) is 7.91. The van der Waals surface area contributed by atoms with Crippen LogP contribution >= 0.6 is 22.9 Å². The zero-order chi connectivity index (χ0) is 14.7. The van der Waals surface area contributed by atoms with Crippen molar-refractivity contribution in [3.63, 3.8) is 0 Å². The summed E-state index contributed by atoms with van der Waals surface area (Å²) in [5.74, 6) is 0. The van der Waals surface area contributed by atoms with Gasteiger partial charge >= 0.3 is 5.69 Å². The minimum atomic E-state index is -0.442. The molecule has 108 valence electrons. The molecule has 2 aromatic rings. The van der Waals surface area contributed by atoms with E-state index >= 15 is 0 Å². The Kier molecular flexibility index (Phi) is 4.83. The molecule has 4 nitrogen and oxygen atoms in total. The van der Waals surface area contributed by atoms with Crippen molar-refractivity contribution in [3.05, 3.63) is 53.9 Å². The fourth-order valence-corrected chi connectivity index (χ4v) is 3.21. The number of halogens is 1. The molecule has 2 rings (SSSR count). The normalized spacial score (nSPS) is 12.6. The average Bonchev–Trinajstić information content (AvgIpc) is 2.87. The van der Waals surface area contributed by atoms with Crippen molar-refractivity contribution in [2.24, 2.45) is 0 Å². The van der Waals surface area contributed by atoms with Crippen molar-refractivity contribution >= 4 is 22.9 Å². The Labute approximate surface area is 126 Å². The van der Waals surface area contributed by atoms with Gasteiger partial charge in [0, 0.05) is 6.04 Å². The van der Waals surface area contributed by atoms with Crippen LogP contribution in [0.15, 0.2) is 26.4 Å². The largest absolute Gasteiger partial charge is 0.329 e. The second-order valence-corrected chi connectivity index (χ2v) is 5.99. The predicted octanol–water partition coefficient (Wildman–Crippen LogP) is 3.01. The number of nitrogens with zero attached hydrogens (tertiary/aromatic N) is 1. The van der Waals surface area contributed by atoms with Gasteiger partial charge in [0.25, 0.3) is 5.56 Å². The van der Waals surface area contributed by atoms with Crippen LogP contribution in [0, 0.1) is 0 Å². The maximum atomic E-state index is 12.4. The Morgan fingerprint density at radius 2 is 2.20 bits per heavy atom. The summed E-state index contributed by atoms with van der Waals surface area (Å²) in [6.07, 6.45) is 2.03. The molecule has 6 heteroatoms. The molecule has 0 saturated heterocycles. The van der Waals surface area contributed by atoms with Gasteiger partial charge in [0.1, 0.15) is 5.15 Å². The Morgan fingerprint density at radius 1 is 1.45 bits per heavy atom. The van der Waals surface area contributed by atoms with Crippen molar-refractivity contribution in [1.82, 2.24) is 9.55 Å². The third-order valence-corrected chi connectivity index (χ3v) is 4.28. The molecule has 0 aliphatic carbocycles. The Bertz CT molecular complexity index is 688. The molecular formula is C14H17ClN2O2S. The summed E-state index contributed by atoms with van der Waals surface area (Å²) in [5, 5.41) is 4.18. The molecule has 0 radical (unpaired) electrons. The maximum Gasteiger partial charge on any atom is 0.329 e. The first kappa shape index (κ1) is 15.1. The van der Waals surface area contributed by atoms with Gasteiger partial charge in [-0.3, -0.25) is 14.3 Å². The van der Waals surface area contributed by atoms with Crippen molar-refractivity contribution in [2.45, 2.75) is 39.2 Å². The molecule has 1 N–H and O–H groups in total. The minimum Gasteiger partial charge on any atom is -0.297 e. The van der Waals surface area contributed by atoms with Gasteiger partial charge in [-0.05, 0) is 42.2 Å². The highest BCUT2D eigenvalue weighted by Crippen LogP contribution is 2.15. The van der Waals surface area contributed by atoms with Crippen molar-refractivity contribution in [2.75, 3.05) is 0 Å². The molecule has 2 heterocycles. The molecule has 0 bridgehead atoms. The van der Waals surface area contributed by atoms with Gasteiger partial charge in [-0.25, -0.2) is 4.79 Å². The summed E-state index contributed by atoms with van der Waals surface area (Å²) in [6.45, 7) is 3.85. The fraction of sp³-hybridized carbons (Fsp3) is 0.429. The van der Waals surface area contributed by atoms with Crippen LogP contribution in [0.25, 0.3) is 0 Å². The quantitative estimate of drug-likeness (QED) is 0.863. The van der Waals surface area contributed by atoms with E-state index in [-0.39, 0.29) is 16.8 Å². The fourth-order valence-electron chi connectivity index (χ4n) is 2.27. The molecule has 0 spiro atoms.